The maximum Gasteiger partial charge on any atom is 0.0695 e. The Balaban J connectivity index is 1.88. The van der Waals surface area contributed by atoms with E-state index in [1.807, 2.05) is 0 Å². The number of hydrogen-bond donors (Lipinski definition) is 0. The summed E-state index contributed by atoms with van der Waals surface area (Å²) in [4.78, 5) is 0. The van der Waals surface area contributed by atoms with E-state index in [4.69, 9.17) is 6.58 Å². The first-order chi connectivity index (χ1) is 16.1. The molecule has 0 nitrogen and oxygen atoms in total. The molecule has 2 aliphatic carbocycles. The Hall–Kier alpha value is -3.64. The van der Waals surface area contributed by atoms with E-state index in [9.17, 15) is 0 Å². The predicted molar refractivity (Wildman–Crippen MR) is 142 cm³/mol. The van der Waals surface area contributed by atoms with Crippen molar-refractivity contribution in [1.82, 2.24) is 0 Å². The van der Waals surface area contributed by atoms with Crippen molar-refractivity contribution in [1.29, 1.82) is 0 Å². The van der Waals surface area contributed by atoms with Gasteiger partial charge < -0.3 is 0 Å². The first-order valence-corrected chi connectivity index (χ1v) is 11.8. The van der Waals surface area contributed by atoms with Crippen LogP contribution in [0.4, 0.5) is 0 Å². The van der Waals surface area contributed by atoms with Crippen LogP contribution in [0.25, 0.3) is 12.2 Å². The first-order valence-electron chi connectivity index (χ1n) is 11.8. The van der Waals surface area contributed by atoms with E-state index in [-0.39, 0.29) is 0 Å². The molecule has 0 aliphatic heterocycles. The Labute approximate surface area is 197 Å². The molecule has 0 radical (unpaired) electrons. The third-order valence-corrected chi connectivity index (χ3v) is 7.09. The van der Waals surface area contributed by atoms with Crippen LogP contribution >= 0.6 is 0 Å². The molecular formula is C33H30. The van der Waals surface area contributed by atoms with E-state index in [1.165, 1.54) is 38.3 Å². The van der Waals surface area contributed by atoms with Gasteiger partial charge in [-0.1, -0.05) is 122 Å². The van der Waals surface area contributed by atoms with Gasteiger partial charge in [-0.15, -0.1) is 0 Å². The maximum absolute atomic E-state index is 4.72. The predicted octanol–water partition coefficient (Wildman–Crippen LogP) is 6.55. The molecule has 0 unspecified atom stereocenters. The average Bonchev–Trinajstić information content (AvgIpc) is 2.83. The fraction of sp³-hybridized carbons (Fsp3) is 0.152. The molecular weight excluding hydrogens is 396 g/mol. The molecule has 3 aromatic carbocycles. The van der Waals surface area contributed by atoms with Crippen molar-refractivity contribution < 1.29 is 0 Å². The molecule has 0 heterocycles. The SMILES string of the molecule is C=C1/C=C\C=C(\C)CC/C=c2/cccc/c2=C/C(=C)C12c1ccccc1Cc1ccccc12. The van der Waals surface area contributed by atoms with Gasteiger partial charge in [0.15, 0.2) is 0 Å². The minimum atomic E-state index is -0.509. The van der Waals surface area contributed by atoms with Crippen molar-refractivity contribution in [2.45, 2.75) is 31.6 Å². The molecule has 162 valence electrons. The standard InChI is InChI=1S/C33H30/c1-24-12-10-14-25(2)33(26(3)22-28-16-5-4-15-27(28)19-11-13-24)31-20-8-6-17-29(31)23-30-18-7-9-21-32(30)33/h4-10,12,14-22H,2-3,11,13,23H2,1H3/b14-10-,24-12-,27-19-,28-22-. The second kappa shape index (κ2) is 8.71. The van der Waals surface area contributed by atoms with E-state index in [2.05, 4.69) is 117 Å². The molecule has 0 atom stereocenters. The Morgan fingerprint density at radius 3 is 2.03 bits per heavy atom. The molecule has 0 N–H and O–H groups in total. The zero-order valence-corrected chi connectivity index (χ0v) is 19.4. The molecule has 0 heteroatoms. The van der Waals surface area contributed by atoms with Crippen LogP contribution in [0.5, 0.6) is 0 Å². The summed E-state index contributed by atoms with van der Waals surface area (Å²) < 4.78 is 0. The van der Waals surface area contributed by atoms with Crippen molar-refractivity contribution in [3.05, 3.63) is 154 Å². The van der Waals surface area contributed by atoms with Crippen molar-refractivity contribution in [3.63, 3.8) is 0 Å². The molecule has 33 heavy (non-hydrogen) atoms. The van der Waals surface area contributed by atoms with Gasteiger partial charge >= 0.3 is 0 Å². The van der Waals surface area contributed by atoms with E-state index >= 15 is 0 Å². The molecule has 0 bridgehead atoms. The van der Waals surface area contributed by atoms with E-state index in [0.29, 0.717) is 0 Å². The average molecular weight is 427 g/mol. The Bertz CT molecular complexity index is 1380. The molecule has 0 saturated carbocycles. The molecule has 5 rings (SSSR count). The van der Waals surface area contributed by atoms with Crippen LogP contribution < -0.4 is 10.4 Å². The summed E-state index contributed by atoms with van der Waals surface area (Å²) in [7, 11) is 0. The lowest BCUT2D eigenvalue weighted by atomic mass is 9.59. The molecule has 0 fully saturated rings. The topological polar surface area (TPSA) is 0 Å². The molecule has 0 aromatic heterocycles. The van der Waals surface area contributed by atoms with Crippen LogP contribution in [0.15, 0.2) is 121 Å². The van der Waals surface area contributed by atoms with Gasteiger partial charge in [0, 0.05) is 0 Å². The summed E-state index contributed by atoms with van der Waals surface area (Å²) in [5.41, 5.74) is 8.23. The van der Waals surface area contributed by atoms with Crippen LogP contribution in [0.1, 0.15) is 42.0 Å². The summed E-state index contributed by atoms with van der Waals surface area (Å²) in [5, 5.41) is 2.47. The second-order valence-corrected chi connectivity index (χ2v) is 9.18. The fourth-order valence-electron chi connectivity index (χ4n) is 5.45. The number of fused-ring (bicyclic) bond motifs is 5. The third-order valence-electron chi connectivity index (χ3n) is 7.09. The lowest BCUT2D eigenvalue weighted by molar-refractivity contribution is 0.712. The van der Waals surface area contributed by atoms with Gasteiger partial charge in [-0.3, -0.25) is 0 Å². The molecule has 3 aromatic rings. The molecule has 0 amide bonds. The summed E-state index contributed by atoms with van der Waals surface area (Å²) in [6.45, 7) is 11.6. The summed E-state index contributed by atoms with van der Waals surface area (Å²) >= 11 is 0. The van der Waals surface area contributed by atoms with Gasteiger partial charge in [0.05, 0.1) is 5.41 Å². The monoisotopic (exact) mass is 426 g/mol. The lowest BCUT2D eigenvalue weighted by Crippen LogP contribution is -2.37. The number of allylic oxidation sites excluding steroid dienone is 6. The number of benzene rings is 3. The van der Waals surface area contributed by atoms with Crippen LogP contribution in [0, 0.1) is 0 Å². The lowest BCUT2D eigenvalue weighted by Gasteiger charge is -2.43. The second-order valence-electron chi connectivity index (χ2n) is 9.18. The van der Waals surface area contributed by atoms with Crippen molar-refractivity contribution >= 4 is 12.2 Å². The highest BCUT2D eigenvalue weighted by Crippen LogP contribution is 2.51. The van der Waals surface area contributed by atoms with Crippen molar-refractivity contribution in [3.8, 4) is 0 Å². The smallest absolute Gasteiger partial charge is 0.0695 e. The van der Waals surface area contributed by atoms with Crippen LogP contribution in [-0.4, -0.2) is 0 Å². The first kappa shape index (κ1) is 21.2. The normalized spacial score (nSPS) is 21.8. The largest absolute Gasteiger partial charge is 0.0942 e. The van der Waals surface area contributed by atoms with E-state index in [1.54, 1.807) is 0 Å². The van der Waals surface area contributed by atoms with Gasteiger partial charge in [0.1, 0.15) is 0 Å². The summed E-state index contributed by atoms with van der Waals surface area (Å²) in [6.07, 6.45) is 14.2. The minimum absolute atomic E-state index is 0.509. The zero-order chi connectivity index (χ0) is 22.8. The highest BCUT2D eigenvalue weighted by Gasteiger charge is 2.43. The molecule has 0 saturated heterocycles. The molecule has 1 spiro atoms. The van der Waals surface area contributed by atoms with Gasteiger partial charge in [-0.2, -0.15) is 0 Å². The van der Waals surface area contributed by atoms with Crippen LogP contribution in [0.2, 0.25) is 0 Å². The van der Waals surface area contributed by atoms with E-state index < -0.39 is 5.41 Å². The van der Waals surface area contributed by atoms with Crippen LogP contribution in [0.3, 0.4) is 0 Å². The Morgan fingerprint density at radius 2 is 1.33 bits per heavy atom. The Morgan fingerprint density at radius 1 is 0.727 bits per heavy atom. The van der Waals surface area contributed by atoms with E-state index in [0.717, 1.165) is 30.4 Å². The van der Waals surface area contributed by atoms with Crippen molar-refractivity contribution in [2.75, 3.05) is 0 Å². The Kier molecular flexibility index (Phi) is 5.60. The minimum Gasteiger partial charge on any atom is -0.0942 e. The van der Waals surface area contributed by atoms with Crippen LogP contribution in [-0.2, 0) is 11.8 Å². The number of hydrogen-bond acceptors (Lipinski definition) is 0. The van der Waals surface area contributed by atoms with Gasteiger partial charge in [-0.25, -0.2) is 0 Å². The number of rotatable bonds is 0. The van der Waals surface area contributed by atoms with Gasteiger partial charge in [-0.05, 0) is 70.0 Å². The summed E-state index contributed by atoms with van der Waals surface area (Å²) in [5.74, 6) is 0. The van der Waals surface area contributed by atoms with Crippen molar-refractivity contribution in [2.24, 2.45) is 0 Å². The quantitative estimate of drug-likeness (QED) is 0.382. The van der Waals surface area contributed by atoms with Gasteiger partial charge in [0.2, 0.25) is 0 Å². The molecule has 2 aliphatic rings. The highest BCUT2D eigenvalue weighted by atomic mass is 14.4. The summed E-state index contributed by atoms with van der Waals surface area (Å²) in [6, 6.07) is 26.3. The third kappa shape index (κ3) is 3.66. The fourth-order valence-corrected chi connectivity index (χ4v) is 5.45. The highest BCUT2D eigenvalue weighted by molar-refractivity contribution is 5.72. The maximum atomic E-state index is 4.72. The zero-order valence-electron chi connectivity index (χ0n) is 19.4. The van der Waals surface area contributed by atoms with Gasteiger partial charge in [0.25, 0.3) is 0 Å².